The number of carbonyl (C=O) groups is 4. The normalized spacial score (nSPS) is 13.1. The van der Waals surface area contributed by atoms with Crippen LogP contribution in [0.5, 0.6) is 0 Å². The smallest absolute Gasteiger partial charge is 0.465 e. The molecular weight excluding hydrogens is 820 g/mol. The lowest BCUT2D eigenvalue weighted by Gasteiger charge is -2.19. The number of ketones is 1. The van der Waals surface area contributed by atoms with Gasteiger partial charge in [-0.1, -0.05) is 141 Å². The number of carbonyl (C=O) groups excluding carboxylic acids is 4. The third-order valence-electron chi connectivity index (χ3n) is 10.9. The van der Waals surface area contributed by atoms with Crippen molar-refractivity contribution < 1.29 is 42.4 Å². The van der Waals surface area contributed by atoms with E-state index in [0.717, 1.165) is 70.6 Å². The molecule has 0 aromatic carbocycles. The van der Waals surface area contributed by atoms with Gasteiger partial charge < -0.3 is 31.3 Å². The number of allylic oxidation sites excluding steroid dienone is 4. The Labute approximate surface area is 383 Å². The third-order valence-corrected chi connectivity index (χ3v) is 11.9. The molecule has 0 aliphatic carbocycles. The lowest BCUT2D eigenvalue weighted by Crippen LogP contribution is -2.42. The summed E-state index contributed by atoms with van der Waals surface area (Å²) in [5, 5.41) is 7.77. The summed E-state index contributed by atoms with van der Waals surface area (Å²) in [4.78, 5) is 59.5. The standard InChI is InChI=1S/C49H93N4O9P/c1-3-5-7-9-11-13-15-17-19-21-23-25-27-29-31-33-46(54)36-35-45(44-62-63(58,59)61-40-39-52-48(56)42-53-47(55)41-51-38-37-50)43-60-49(57)34-32-30-28-26-24-22-20-18-16-14-12-10-8-6-4-2/h17-20,45,51H,3-16,21-44,50H2,1-2H3,(H,52,56)(H,53,55)(H,58,59). The molecule has 0 saturated carbocycles. The number of hydrogen-bond donors (Lipinski definition) is 5. The maximum atomic E-state index is 12.8. The van der Waals surface area contributed by atoms with E-state index in [4.69, 9.17) is 19.5 Å². The van der Waals surface area contributed by atoms with Crippen LogP contribution in [0.25, 0.3) is 0 Å². The number of amides is 2. The molecule has 0 heterocycles. The minimum atomic E-state index is -4.51. The molecule has 0 aliphatic rings. The maximum absolute atomic E-state index is 12.8. The molecule has 0 bridgehead atoms. The molecule has 14 heteroatoms. The van der Waals surface area contributed by atoms with E-state index in [-0.39, 0.29) is 63.5 Å². The SMILES string of the molecule is CCCCCCCCC=CCCCCCCCC(=O)CCC(COC(=O)CCCCCCCC=CCCCCCCCC)COP(=O)(O)OCCNC(=O)CNC(=O)CNCCN. The number of hydrogen-bond acceptors (Lipinski definition) is 10. The number of ether oxygens (including phenoxy) is 1. The van der Waals surface area contributed by atoms with Crippen LogP contribution >= 0.6 is 7.82 Å². The van der Waals surface area contributed by atoms with Gasteiger partial charge in [-0.05, 0) is 70.6 Å². The molecule has 2 amide bonds. The average molecular weight is 913 g/mol. The monoisotopic (exact) mass is 913 g/mol. The van der Waals surface area contributed by atoms with Crippen molar-refractivity contribution in [3.8, 4) is 0 Å². The van der Waals surface area contributed by atoms with Crippen molar-refractivity contribution in [1.82, 2.24) is 16.0 Å². The van der Waals surface area contributed by atoms with Gasteiger partial charge in [-0.25, -0.2) is 4.57 Å². The summed E-state index contributed by atoms with van der Waals surface area (Å²) in [6.45, 7) is 4.44. The van der Waals surface area contributed by atoms with Crippen LogP contribution in [0.15, 0.2) is 24.3 Å². The highest BCUT2D eigenvalue weighted by molar-refractivity contribution is 7.47. The number of rotatable bonds is 48. The Kier molecular flexibility index (Phi) is 44.4. The second kappa shape index (κ2) is 46.1. The molecule has 6 N–H and O–H groups in total. The lowest BCUT2D eigenvalue weighted by molar-refractivity contribution is -0.145. The molecule has 0 aromatic heterocycles. The number of nitrogens with one attached hydrogen (secondary N) is 3. The van der Waals surface area contributed by atoms with Gasteiger partial charge in [0.15, 0.2) is 0 Å². The van der Waals surface area contributed by atoms with E-state index in [1.807, 2.05) is 0 Å². The Morgan fingerprint density at radius 1 is 0.571 bits per heavy atom. The van der Waals surface area contributed by atoms with Crippen molar-refractivity contribution in [3.63, 3.8) is 0 Å². The molecular formula is C49H93N4O9P. The van der Waals surface area contributed by atoms with E-state index in [0.29, 0.717) is 32.4 Å². The summed E-state index contributed by atoms with van der Waals surface area (Å²) < 4.78 is 28.5. The van der Waals surface area contributed by atoms with Gasteiger partial charge in [0.25, 0.3) is 0 Å². The quantitative estimate of drug-likeness (QED) is 0.0169. The predicted octanol–water partition coefficient (Wildman–Crippen LogP) is 10.5. The summed E-state index contributed by atoms with van der Waals surface area (Å²) in [6, 6.07) is 0. The topological polar surface area (TPSA) is 195 Å². The summed E-state index contributed by atoms with van der Waals surface area (Å²) in [5.41, 5.74) is 5.37. The van der Waals surface area contributed by atoms with Gasteiger partial charge in [0, 0.05) is 44.8 Å². The zero-order valence-electron chi connectivity index (χ0n) is 40.0. The Morgan fingerprint density at radius 3 is 1.57 bits per heavy atom. The van der Waals surface area contributed by atoms with Crippen LogP contribution in [0.4, 0.5) is 0 Å². The van der Waals surface area contributed by atoms with Gasteiger partial charge in [-0.2, -0.15) is 0 Å². The fourth-order valence-corrected chi connectivity index (χ4v) is 7.71. The van der Waals surface area contributed by atoms with Crippen LogP contribution in [0.3, 0.4) is 0 Å². The maximum Gasteiger partial charge on any atom is 0.472 e. The molecule has 0 rings (SSSR count). The van der Waals surface area contributed by atoms with E-state index < -0.39 is 19.6 Å². The van der Waals surface area contributed by atoms with Crippen LogP contribution in [0, 0.1) is 5.92 Å². The lowest BCUT2D eigenvalue weighted by atomic mass is 10.00. The molecule has 368 valence electrons. The zero-order valence-corrected chi connectivity index (χ0v) is 40.9. The highest BCUT2D eigenvalue weighted by Crippen LogP contribution is 2.43. The minimum Gasteiger partial charge on any atom is -0.465 e. The first-order valence-electron chi connectivity index (χ1n) is 25.2. The summed E-state index contributed by atoms with van der Waals surface area (Å²) >= 11 is 0. The number of nitrogens with two attached hydrogens (primary N) is 1. The van der Waals surface area contributed by atoms with Crippen molar-refractivity contribution >= 4 is 31.4 Å². The van der Waals surface area contributed by atoms with Crippen molar-refractivity contribution in [2.24, 2.45) is 11.7 Å². The summed E-state index contributed by atoms with van der Waals surface area (Å²) in [5.74, 6) is -1.56. The second-order valence-electron chi connectivity index (χ2n) is 17.0. The molecule has 2 unspecified atom stereocenters. The number of esters is 1. The molecule has 0 aliphatic heterocycles. The number of Topliss-reactive ketones (excluding diaryl/α,β-unsaturated/α-hetero) is 1. The van der Waals surface area contributed by atoms with Crippen molar-refractivity contribution in [2.45, 2.75) is 206 Å². The van der Waals surface area contributed by atoms with Crippen LogP contribution in [-0.2, 0) is 37.5 Å². The molecule has 0 aromatic rings. The van der Waals surface area contributed by atoms with E-state index >= 15 is 0 Å². The minimum absolute atomic E-state index is 0.0304. The second-order valence-corrected chi connectivity index (χ2v) is 18.4. The Hall–Kier alpha value is -2.41. The van der Waals surface area contributed by atoms with Gasteiger partial charge in [-0.15, -0.1) is 0 Å². The third kappa shape index (κ3) is 45.9. The van der Waals surface area contributed by atoms with Crippen LogP contribution in [-0.4, -0.2) is 81.0 Å². The molecule has 0 radical (unpaired) electrons. The fourth-order valence-electron chi connectivity index (χ4n) is 6.92. The Morgan fingerprint density at radius 2 is 1.05 bits per heavy atom. The van der Waals surface area contributed by atoms with Crippen molar-refractivity contribution in [1.29, 1.82) is 0 Å². The largest absolute Gasteiger partial charge is 0.472 e. The van der Waals surface area contributed by atoms with Crippen LogP contribution in [0.2, 0.25) is 0 Å². The predicted molar refractivity (Wildman–Crippen MR) is 257 cm³/mol. The first-order chi connectivity index (χ1) is 30.6. The highest BCUT2D eigenvalue weighted by atomic mass is 31.2. The Balaban J connectivity index is 4.58. The van der Waals surface area contributed by atoms with Gasteiger partial charge in [0.2, 0.25) is 11.8 Å². The van der Waals surface area contributed by atoms with E-state index in [2.05, 4.69) is 54.1 Å². The summed E-state index contributed by atoms with van der Waals surface area (Å²) in [6.07, 6.45) is 41.3. The van der Waals surface area contributed by atoms with Gasteiger partial charge in [0.05, 0.1) is 32.9 Å². The average Bonchev–Trinajstić information content (AvgIpc) is 3.26. The van der Waals surface area contributed by atoms with Gasteiger partial charge in [0.1, 0.15) is 5.78 Å². The molecule has 13 nitrogen and oxygen atoms in total. The molecule has 2 atom stereocenters. The number of phosphoric ester groups is 1. The van der Waals surface area contributed by atoms with E-state index in [1.165, 1.54) is 96.3 Å². The first kappa shape index (κ1) is 60.6. The summed E-state index contributed by atoms with van der Waals surface area (Å²) in [7, 11) is -4.51. The molecule has 0 saturated heterocycles. The zero-order chi connectivity index (χ0) is 46.3. The van der Waals surface area contributed by atoms with Crippen LogP contribution < -0.4 is 21.7 Å². The molecule has 63 heavy (non-hydrogen) atoms. The van der Waals surface area contributed by atoms with Crippen molar-refractivity contribution in [3.05, 3.63) is 24.3 Å². The highest BCUT2D eigenvalue weighted by Gasteiger charge is 2.25. The first-order valence-corrected chi connectivity index (χ1v) is 26.7. The molecule has 0 fully saturated rings. The van der Waals surface area contributed by atoms with Gasteiger partial charge in [-0.3, -0.25) is 28.2 Å². The van der Waals surface area contributed by atoms with Crippen molar-refractivity contribution in [2.75, 3.05) is 52.5 Å². The Bertz CT molecular complexity index is 1160. The number of unbranched alkanes of at least 4 members (excludes halogenated alkanes) is 22. The number of phosphoric acid groups is 1. The van der Waals surface area contributed by atoms with E-state index in [9.17, 15) is 28.6 Å². The van der Waals surface area contributed by atoms with Gasteiger partial charge >= 0.3 is 13.8 Å². The molecule has 0 spiro atoms. The fraction of sp³-hybridized carbons (Fsp3) is 0.837. The van der Waals surface area contributed by atoms with E-state index in [1.54, 1.807) is 0 Å². The van der Waals surface area contributed by atoms with Crippen LogP contribution in [0.1, 0.15) is 206 Å².